The van der Waals surface area contributed by atoms with Crippen LogP contribution in [0.4, 0.5) is 0 Å². The lowest BCUT2D eigenvalue weighted by Gasteiger charge is -2.25. The molecule has 8 heteroatoms. The van der Waals surface area contributed by atoms with Crippen molar-refractivity contribution in [1.29, 1.82) is 0 Å². The van der Waals surface area contributed by atoms with Gasteiger partial charge in [-0.25, -0.2) is 0 Å². The number of rotatable bonds is 6. The summed E-state index contributed by atoms with van der Waals surface area (Å²) >= 11 is 0. The first-order valence-electron chi connectivity index (χ1n) is 8.78. The number of aliphatic carboxylic acids is 1. The maximum absolute atomic E-state index is 13.0. The molecule has 1 fully saturated rings. The van der Waals surface area contributed by atoms with Gasteiger partial charge in [-0.2, -0.15) is 0 Å². The van der Waals surface area contributed by atoms with Crippen LogP contribution in [0.25, 0.3) is 10.9 Å². The molecular weight excluding hydrogens is 350 g/mol. The van der Waals surface area contributed by atoms with Crippen molar-refractivity contribution in [2.24, 2.45) is 0 Å². The predicted octanol–water partition coefficient (Wildman–Crippen LogP) is 1.24. The molecule has 142 valence electrons. The van der Waals surface area contributed by atoms with Crippen molar-refractivity contribution in [3.63, 3.8) is 0 Å². The monoisotopic (exact) mass is 371 g/mol. The number of carboxylic acid groups (broad SMARTS) is 1. The SMILES string of the molecule is Cc1c(C(=O)N2CCC[C@H]2C(=O)N[C@H](C=O)CC(=O)O)[nH]c2ccccc12. The van der Waals surface area contributed by atoms with Crippen LogP contribution in [0.3, 0.4) is 0 Å². The molecule has 0 bridgehead atoms. The molecule has 0 spiro atoms. The van der Waals surface area contributed by atoms with E-state index in [0.717, 1.165) is 16.5 Å². The molecule has 0 radical (unpaired) electrons. The van der Waals surface area contributed by atoms with Gasteiger partial charge in [-0.15, -0.1) is 0 Å². The van der Waals surface area contributed by atoms with Gasteiger partial charge in [0.25, 0.3) is 5.91 Å². The minimum atomic E-state index is -1.18. The summed E-state index contributed by atoms with van der Waals surface area (Å²) in [7, 11) is 0. The van der Waals surface area contributed by atoms with E-state index in [1.54, 1.807) is 0 Å². The first-order chi connectivity index (χ1) is 12.9. The average molecular weight is 371 g/mol. The lowest BCUT2D eigenvalue weighted by molar-refractivity contribution is -0.139. The first-order valence-corrected chi connectivity index (χ1v) is 8.78. The fraction of sp³-hybridized carbons (Fsp3) is 0.368. The summed E-state index contributed by atoms with van der Waals surface area (Å²) in [5, 5.41) is 12.2. The number of hydrogen-bond acceptors (Lipinski definition) is 4. The van der Waals surface area contributed by atoms with Gasteiger partial charge in [0.05, 0.1) is 12.5 Å². The fourth-order valence-electron chi connectivity index (χ4n) is 3.52. The Balaban J connectivity index is 1.79. The highest BCUT2D eigenvalue weighted by molar-refractivity contribution is 6.03. The van der Waals surface area contributed by atoms with Crippen LogP contribution in [0, 0.1) is 6.92 Å². The number of carbonyl (C=O) groups excluding carboxylic acids is 3. The number of nitrogens with zero attached hydrogens (tertiary/aromatic N) is 1. The molecule has 0 saturated carbocycles. The third-order valence-electron chi connectivity index (χ3n) is 4.88. The molecule has 1 aromatic carbocycles. The van der Waals surface area contributed by atoms with E-state index in [1.165, 1.54) is 4.90 Å². The van der Waals surface area contributed by atoms with E-state index < -0.39 is 30.4 Å². The second-order valence-corrected chi connectivity index (χ2v) is 6.68. The summed E-state index contributed by atoms with van der Waals surface area (Å²) in [6.45, 7) is 2.28. The van der Waals surface area contributed by atoms with Crippen LogP contribution in [0.5, 0.6) is 0 Å². The molecular formula is C19H21N3O5. The average Bonchev–Trinajstić information content (AvgIpc) is 3.26. The zero-order chi connectivity index (χ0) is 19.6. The Hall–Kier alpha value is -3.16. The van der Waals surface area contributed by atoms with E-state index in [0.29, 0.717) is 31.4 Å². The fourth-order valence-corrected chi connectivity index (χ4v) is 3.52. The number of fused-ring (bicyclic) bond motifs is 1. The third-order valence-corrected chi connectivity index (χ3v) is 4.88. The number of aromatic amines is 1. The summed E-state index contributed by atoms with van der Waals surface area (Å²) in [5.41, 5.74) is 2.10. The zero-order valence-corrected chi connectivity index (χ0v) is 14.9. The summed E-state index contributed by atoms with van der Waals surface area (Å²) in [6.07, 6.45) is 1.04. The highest BCUT2D eigenvalue weighted by atomic mass is 16.4. The number of para-hydroxylation sites is 1. The molecule has 2 heterocycles. The van der Waals surface area contributed by atoms with Crippen molar-refractivity contribution >= 4 is 35.0 Å². The number of amides is 2. The standard InChI is InChI=1S/C19H21N3O5/c1-11-13-5-2-3-6-14(13)21-17(11)19(27)22-8-4-7-15(22)18(26)20-12(10-23)9-16(24)25/h2-3,5-6,10,12,15,21H,4,7-9H2,1H3,(H,20,26)(H,24,25)/t12-,15-/m0/s1. The van der Waals surface area contributed by atoms with E-state index in [9.17, 15) is 19.2 Å². The van der Waals surface area contributed by atoms with Gasteiger partial charge in [-0.05, 0) is 31.4 Å². The Morgan fingerprint density at radius 3 is 2.78 bits per heavy atom. The third kappa shape index (κ3) is 3.69. The van der Waals surface area contributed by atoms with Crippen molar-refractivity contribution in [1.82, 2.24) is 15.2 Å². The minimum Gasteiger partial charge on any atom is -0.481 e. The number of nitrogens with one attached hydrogen (secondary N) is 2. The van der Waals surface area contributed by atoms with Gasteiger partial charge in [0, 0.05) is 17.4 Å². The number of carbonyl (C=O) groups is 4. The molecule has 1 aliphatic heterocycles. The molecule has 2 amide bonds. The predicted molar refractivity (Wildman–Crippen MR) is 97.3 cm³/mol. The molecule has 2 aromatic rings. The Kier molecular flexibility index (Phi) is 5.25. The van der Waals surface area contributed by atoms with E-state index >= 15 is 0 Å². The molecule has 8 nitrogen and oxygen atoms in total. The first kappa shape index (κ1) is 18.6. The van der Waals surface area contributed by atoms with Crippen molar-refractivity contribution < 1.29 is 24.3 Å². The molecule has 3 N–H and O–H groups in total. The van der Waals surface area contributed by atoms with Crippen LogP contribution in [0.15, 0.2) is 24.3 Å². The van der Waals surface area contributed by atoms with Gasteiger partial charge < -0.3 is 25.1 Å². The van der Waals surface area contributed by atoms with Gasteiger partial charge in [-0.3, -0.25) is 14.4 Å². The second kappa shape index (κ2) is 7.61. The van der Waals surface area contributed by atoms with Gasteiger partial charge in [-0.1, -0.05) is 18.2 Å². The normalized spacial score (nSPS) is 17.7. The van der Waals surface area contributed by atoms with Crippen molar-refractivity contribution in [2.75, 3.05) is 6.54 Å². The molecule has 1 aromatic heterocycles. The molecule has 0 aliphatic carbocycles. The number of H-pyrrole nitrogens is 1. The molecule has 0 unspecified atom stereocenters. The topological polar surface area (TPSA) is 120 Å². The quantitative estimate of drug-likeness (QED) is 0.660. The summed E-state index contributed by atoms with van der Waals surface area (Å²) in [6, 6.07) is 5.74. The van der Waals surface area contributed by atoms with Crippen LogP contribution >= 0.6 is 0 Å². The zero-order valence-electron chi connectivity index (χ0n) is 14.9. The summed E-state index contributed by atoms with van der Waals surface area (Å²) in [5.74, 6) is -1.96. The number of aryl methyl sites for hydroxylation is 1. The maximum atomic E-state index is 13.0. The van der Waals surface area contributed by atoms with Gasteiger partial charge in [0.2, 0.25) is 5.91 Å². The summed E-state index contributed by atoms with van der Waals surface area (Å²) < 4.78 is 0. The van der Waals surface area contributed by atoms with Crippen LogP contribution in [-0.4, -0.2) is 57.7 Å². The van der Waals surface area contributed by atoms with Crippen LogP contribution < -0.4 is 5.32 Å². The maximum Gasteiger partial charge on any atom is 0.305 e. The molecule has 1 aliphatic rings. The molecule has 27 heavy (non-hydrogen) atoms. The molecule has 3 rings (SSSR count). The lowest BCUT2D eigenvalue weighted by atomic mass is 10.1. The molecule has 2 atom stereocenters. The smallest absolute Gasteiger partial charge is 0.305 e. The Morgan fingerprint density at radius 1 is 1.37 bits per heavy atom. The number of likely N-dealkylation sites (tertiary alicyclic amines) is 1. The van der Waals surface area contributed by atoms with Crippen molar-refractivity contribution in [2.45, 2.75) is 38.3 Å². The number of aldehydes is 1. The van der Waals surface area contributed by atoms with E-state index in [-0.39, 0.29) is 5.91 Å². The second-order valence-electron chi connectivity index (χ2n) is 6.68. The van der Waals surface area contributed by atoms with E-state index in [2.05, 4.69) is 10.3 Å². The highest BCUT2D eigenvalue weighted by Gasteiger charge is 2.36. The van der Waals surface area contributed by atoms with Crippen LogP contribution in [0.2, 0.25) is 0 Å². The van der Waals surface area contributed by atoms with Crippen LogP contribution in [0.1, 0.15) is 35.3 Å². The van der Waals surface area contributed by atoms with Gasteiger partial charge >= 0.3 is 5.97 Å². The van der Waals surface area contributed by atoms with Gasteiger partial charge in [0.15, 0.2) is 0 Å². The Morgan fingerprint density at radius 2 is 2.11 bits per heavy atom. The van der Waals surface area contributed by atoms with Gasteiger partial charge in [0.1, 0.15) is 18.0 Å². The summed E-state index contributed by atoms with van der Waals surface area (Å²) in [4.78, 5) is 52.0. The number of carboxylic acids is 1. The Labute approximate surface area is 155 Å². The van der Waals surface area contributed by atoms with Crippen molar-refractivity contribution in [3.8, 4) is 0 Å². The van der Waals surface area contributed by atoms with Crippen LogP contribution in [-0.2, 0) is 14.4 Å². The van der Waals surface area contributed by atoms with E-state index in [4.69, 9.17) is 5.11 Å². The number of hydrogen-bond donors (Lipinski definition) is 3. The van der Waals surface area contributed by atoms with Crippen molar-refractivity contribution in [3.05, 3.63) is 35.5 Å². The van der Waals surface area contributed by atoms with E-state index in [1.807, 2.05) is 31.2 Å². The Bertz CT molecular complexity index is 904. The highest BCUT2D eigenvalue weighted by Crippen LogP contribution is 2.26. The molecule has 1 saturated heterocycles. The largest absolute Gasteiger partial charge is 0.481 e. The lowest BCUT2D eigenvalue weighted by Crippen LogP contribution is -2.49. The minimum absolute atomic E-state index is 0.276. The number of aromatic nitrogens is 1. The number of benzene rings is 1.